The van der Waals surface area contributed by atoms with E-state index in [9.17, 15) is 21.6 Å². The van der Waals surface area contributed by atoms with E-state index in [0.29, 0.717) is 42.7 Å². The van der Waals surface area contributed by atoms with Crippen molar-refractivity contribution >= 4 is 42.3 Å². The van der Waals surface area contributed by atoms with Gasteiger partial charge in [0.05, 0.1) is 35.2 Å². The average Bonchev–Trinajstić information content (AvgIpc) is 3.28. The number of morpholine rings is 1. The number of nitrogens with zero attached hydrogens (tertiary/aromatic N) is 3. The zero-order valence-corrected chi connectivity index (χ0v) is 24.4. The molecular formula is C27H32N4O6S3. The number of benzene rings is 2. The van der Waals surface area contributed by atoms with Crippen LogP contribution in [0.1, 0.15) is 36.0 Å². The average molecular weight is 605 g/mol. The number of nitrogens with one attached hydrogen (secondary N) is 1. The highest BCUT2D eigenvalue weighted by Crippen LogP contribution is 2.28. The van der Waals surface area contributed by atoms with Crippen molar-refractivity contribution in [2.75, 3.05) is 51.3 Å². The number of carbonyl (C=O) groups excluding carboxylic acids is 1. The SMILES string of the molecule is O=C(CNc1nc(-c2ccc(S(=O)(=O)N3CCCCCC3)cc2)cs1)c1cccc(S(=O)(=O)N2CCOCC2)c1. The molecule has 0 aliphatic carbocycles. The summed E-state index contributed by atoms with van der Waals surface area (Å²) in [7, 11) is -7.23. The molecule has 0 bridgehead atoms. The predicted octanol–water partition coefficient (Wildman–Crippen LogP) is 3.69. The van der Waals surface area contributed by atoms with Crippen LogP contribution < -0.4 is 5.32 Å². The van der Waals surface area contributed by atoms with E-state index >= 15 is 0 Å². The molecule has 1 N–H and O–H groups in total. The molecular weight excluding hydrogens is 573 g/mol. The molecule has 2 aliphatic heterocycles. The van der Waals surface area contributed by atoms with Gasteiger partial charge >= 0.3 is 0 Å². The Hall–Kier alpha value is -2.68. The molecule has 13 heteroatoms. The fourth-order valence-electron chi connectivity index (χ4n) is 4.74. The number of thiazole rings is 1. The van der Waals surface area contributed by atoms with Gasteiger partial charge in [0.25, 0.3) is 0 Å². The summed E-state index contributed by atoms with van der Waals surface area (Å²) in [4.78, 5) is 17.8. The highest BCUT2D eigenvalue weighted by molar-refractivity contribution is 7.89. The zero-order valence-electron chi connectivity index (χ0n) is 22.0. The second kappa shape index (κ2) is 12.5. The first-order valence-corrected chi connectivity index (χ1v) is 17.0. The third kappa shape index (κ3) is 6.45. The van der Waals surface area contributed by atoms with Crippen molar-refractivity contribution < 1.29 is 26.4 Å². The maximum Gasteiger partial charge on any atom is 0.243 e. The van der Waals surface area contributed by atoms with Gasteiger partial charge in [-0.15, -0.1) is 11.3 Å². The molecule has 0 saturated carbocycles. The molecule has 0 atom stereocenters. The van der Waals surface area contributed by atoms with Gasteiger partial charge in [0, 0.05) is 42.7 Å². The molecule has 0 amide bonds. The molecule has 214 valence electrons. The number of ketones is 1. The van der Waals surface area contributed by atoms with E-state index < -0.39 is 20.0 Å². The molecule has 2 aromatic carbocycles. The van der Waals surface area contributed by atoms with Crippen LogP contribution in [0.3, 0.4) is 0 Å². The second-order valence-corrected chi connectivity index (χ2v) is 14.4. The predicted molar refractivity (Wildman–Crippen MR) is 154 cm³/mol. The number of anilines is 1. The summed E-state index contributed by atoms with van der Waals surface area (Å²) >= 11 is 1.33. The number of aromatic nitrogens is 1. The van der Waals surface area contributed by atoms with Crippen molar-refractivity contribution in [3.8, 4) is 11.3 Å². The molecule has 5 rings (SSSR count). The van der Waals surface area contributed by atoms with Gasteiger partial charge in [-0.1, -0.05) is 37.1 Å². The van der Waals surface area contributed by atoms with Gasteiger partial charge in [0.15, 0.2) is 10.9 Å². The summed E-state index contributed by atoms with van der Waals surface area (Å²) in [5.41, 5.74) is 1.73. The van der Waals surface area contributed by atoms with E-state index in [4.69, 9.17) is 4.74 Å². The smallest absolute Gasteiger partial charge is 0.243 e. The molecule has 2 saturated heterocycles. The number of Topliss-reactive ketones (excluding diaryl/α,β-unsaturated/α-hetero) is 1. The van der Waals surface area contributed by atoms with E-state index in [-0.39, 0.29) is 35.2 Å². The van der Waals surface area contributed by atoms with E-state index in [2.05, 4.69) is 10.3 Å². The standard InChI is InChI=1S/C27H32N4O6S3/c32-26(22-6-5-7-24(18-22)40(35,36)31-14-16-37-17-15-31)19-28-27-29-25(20-38-27)21-8-10-23(11-9-21)39(33,34)30-12-3-1-2-4-13-30/h5-11,18,20H,1-4,12-17,19H2,(H,28,29). The van der Waals surface area contributed by atoms with Gasteiger partial charge in [-0.25, -0.2) is 21.8 Å². The highest BCUT2D eigenvalue weighted by Gasteiger charge is 2.27. The van der Waals surface area contributed by atoms with Crippen LogP contribution in [-0.4, -0.2) is 82.2 Å². The lowest BCUT2D eigenvalue weighted by molar-refractivity contribution is 0.0730. The van der Waals surface area contributed by atoms with Gasteiger partial charge < -0.3 is 10.1 Å². The first-order chi connectivity index (χ1) is 19.2. The normalized spacial score (nSPS) is 17.8. The molecule has 0 spiro atoms. The Morgan fingerprint density at radius 1 is 0.850 bits per heavy atom. The van der Waals surface area contributed by atoms with E-state index in [1.165, 1.54) is 27.8 Å². The van der Waals surface area contributed by atoms with Crippen LogP contribution in [0.15, 0.2) is 63.7 Å². The summed E-state index contributed by atoms with van der Waals surface area (Å²) in [6, 6.07) is 12.8. The first-order valence-electron chi connectivity index (χ1n) is 13.3. The van der Waals surface area contributed by atoms with Crippen molar-refractivity contribution in [2.45, 2.75) is 35.5 Å². The highest BCUT2D eigenvalue weighted by atomic mass is 32.2. The summed E-state index contributed by atoms with van der Waals surface area (Å²) in [6.07, 6.45) is 3.88. The minimum Gasteiger partial charge on any atom is -0.379 e. The van der Waals surface area contributed by atoms with Crippen molar-refractivity contribution in [1.29, 1.82) is 0 Å². The fraction of sp³-hybridized carbons (Fsp3) is 0.407. The van der Waals surface area contributed by atoms with Crippen LogP contribution in [-0.2, 0) is 24.8 Å². The Morgan fingerprint density at radius 2 is 1.50 bits per heavy atom. The number of rotatable bonds is 9. The van der Waals surface area contributed by atoms with Crippen LogP contribution in [0.25, 0.3) is 11.3 Å². The topological polar surface area (TPSA) is 126 Å². The minimum atomic E-state index is -3.70. The monoisotopic (exact) mass is 604 g/mol. The summed E-state index contributed by atoms with van der Waals surface area (Å²) < 4.78 is 60.2. The van der Waals surface area contributed by atoms with Crippen LogP contribution in [0.5, 0.6) is 0 Å². The molecule has 2 fully saturated rings. The van der Waals surface area contributed by atoms with Crippen LogP contribution in [0, 0.1) is 0 Å². The fourth-order valence-corrected chi connectivity index (χ4v) is 8.43. The summed E-state index contributed by atoms with van der Waals surface area (Å²) in [5.74, 6) is -0.265. The van der Waals surface area contributed by atoms with Gasteiger partial charge in [0.1, 0.15) is 0 Å². The second-order valence-electron chi connectivity index (χ2n) is 9.70. The Bertz CT molecular complexity index is 1540. The summed E-state index contributed by atoms with van der Waals surface area (Å²) in [5, 5.41) is 5.38. The molecule has 3 aromatic rings. The Balaban J connectivity index is 1.21. The van der Waals surface area contributed by atoms with Crippen LogP contribution in [0.2, 0.25) is 0 Å². The minimum absolute atomic E-state index is 0.0545. The molecule has 1 aromatic heterocycles. The number of carbonyl (C=O) groups is 1. The van der Waals surface area contributed by atoms with E-state index in [0.717, 1.165) is 31.2 Å². The molecule has 0 radical (unpaired) electrons. The molecule has 0 unspecified atom stereocenters. The number of ether oxygens (including phenoxy) is 1. The number of sulfonamides is 2. The maximum absolute atomic E-state index is 13.0. The third-order valence-electron chi connectivity index (χ3n) is 7.02. The third-order valence-corrected chi connectivity index (χ3v) is 11.6. The Morgan fingerprint density at radius 3 is 2.20 bits per heavy atom. The van der Waals surface area contributed by atoms with E-state index in [1.54, 1.807) is 40.7 Å². The maximum atomic E-state index is 13.0. The Labute approximate surface area is 239 Å². The molecule has 2 aliphatic rings. The quantitative estimate of drug-likeness (QED) is 0.367. The van der Waals surface area contributed by atoms with E-state index in [1.807, 2.05) is 5.38 Å². The van der Waals surface area contributed by atoms with Crippen molar-refractivity contribution in [3.05, 3.63) is 59.5 Å². The lowest BCUT2D eigenvalue weighted by atomic mass is 10.1. The van der Waals surface area contributed by atoms with Gasteiger partial charge in [-0.2, -0.15) is 8.61 Å². The van der Waals surface area contributed by atoms with Gasteiger partial charge in [-0.05, 0) is 37.1 Å². The van der Waals surface area contributed by atoms with Gasteiger partial charge in [0.2, 0.25) is 20.0 Å². The number of hydrogen-bond acceptors (Lipinski definition) is 9. The van der Waals surface area contributed by atoms with Crippen LogP contribution in [0.4, 0.5) is 5.13 Å². The molecule has 3 heterocycles. The summed E-state index contributed by atoms with van der Waals surface area (Å²) in [6.45, 7) is 2.31. The molecule has 40 heavy (non-hydrogen) atoms. The van der Waals surface area contributed by atoms with Crippen molar-refractivity contribution in [2.24, 2.45) is 0 Å². The zero-order chi connectivity index (χ0) is 28.2. The number of hydrogen-bond donors (Lipinski definition) is 1. The lowest BCUT2D eigenvalue weighted by Gasteiger charge is -2.26. The van der Waals surface area contributed by atoms with Crippen LogP contribution >= 0.6 is 11.3 Å². The lowest BCUT2D eigenvalue weighted by Crippen LogP contribution is -2.40. The van der Waals surface area contributed by atoms with Crippen molar-refractivity contribution in [1.82, 2.24) is 13.6 Å². The largest absolute Gasteiger partial charge is 0.379 e. The first kappa shape index (κ1) is 28.8. The molecule has 10 nitrogen and oxygen atoms in total. The Kier molecular flexibility index (Phi) is 8.98. The van der Waals surface area contributed by atoms with Crippen molar-refractivity contribution in [3.63, 3.8) is 0 Å². The van der Waals surface area contributed by atoms with Gasteiger partial charge in [-0.3, -0.25) is 4.79 Å².